The van der Waals surface area contributed by atoms with Gasteiger partial charge < -0.3 is 20.1 Å². The van der Waals surface area contributed by atoms with Crippen molar-refractivity contribution in [3.8, 4) is 5.75 Å². The van der Waals surface area contributed by atoms with E-state index < -0.39 is 10.0 Å². The van der Waals surface area contributed by atoms with E-state index in [2.05, 4.69) is 15.6 Å². The summed E-state index contributed by atoms with van der Waals surface area (Å²) in [5.74, 6) is 1.30. The van der Waals surface area contributed by atoms with Crippen LogP contribution in [0.5, 0.6) is 5.75 Å². The van der Waals surface area contributed by atoms with Crippen molar-refractivity contribution in [1.82, 2.24) is 9.62 Å². The van der Waals surface area contributed by atoms with E-state index in [-0.39, 0.29) is 24.0 Å². The van der Waals surface area contributed by atoms with Crippen LogP contribution < -0.4 is 15.4 Å². The van der Waals surface area contributed by atoms with Gasteiger partial charge in [0.25, 0.3) is 10.0 Å². The molecule has 8 nitrogen and oxygen atoms in total. The van der Waals surface area contributed by atoms with E-state index in [0.717, 1.165) is 17.9 Å². The molecule has 0 radical (unpaired) electrons. The van der Waals surface area contributed by atoms with Gasteiger partial charge in [-0.2, -0.15) is 4.31 Å². The number of ether oxygens (including phenoxy) is 2. The third-order valence-corrected chi connectivity index (χ3v) is 7.19. The van der Waals surface area contributed by atoms with Crippen molar-refractivity contribution >= 4 is 57.0 Å². The first-order chi connectivity index (χ1) is 14.0. The minimum Gasteiger partial charge on any atom is -0.493 e. The fraction of sp³-hybridized carbons (Fsp3) is 0.421. The van der Waals surface area contributed by atoms with Crippen molar-refractivity contribution in [1.29, 1.82) is 0 Å². The number of thiophene rings is 1. The average Bonchev–Trinajstić information content (AvgIpc) is 3.26. The number of sulfonamides is 1. The Hall–Kier alpha value is -1.41. The lowest BCUT2D eigenvalue weighted by Crippen LogP contribution is -2.38. The Morgan fingerprint density at radius 2 is 2.03 bits per heavy atom. The molecular formula is C19H29IN4O4S2. The van der Waals surface area contributed by atoms with Crippen LogP contribution in [0.15, 0.2) is 51.0 Å². The van der Waals surface area contributed by atoms with Gasteiger partial charge in [0.2, 0.25) is 0 Å². The summed E-state index contributed by atoms with van der Waals surface area (Å²) >= 11 is 1.21. The van der Waals surface area contributed by atoms with Crippen molar-refractivity contribution in [3.63, 3.8) is 0 Å². The fourth-order valence-electron chi connectivity index (χ4n) is 2.39. The molecule has 0 atom stereocenters. The van der Waals surface area contributed by atoms with Gasteiger partial charge in [-0.25, -0.2) is 8.42 Å². The largest absolute Gasteiger partial charge is 0.493 e. The van der Waals surface area contributed by atoms with Gasteiger partial charge in [0.15, 0.2) is 5.96 Å². The average molecular weight is 569 g/mol. The van der Waals surface area contributed by atoms with Crippen LogP contribution in [0.2, 0.25) is 0 Å². The zero-order chi connectivity index (χ0) is 21.1. The number of anilines is 1. The van der Waals surface area contributed by atoms with E-state index in [4.69, 9.17) is 9.47 Å². The van der Waals surface area contributed by atoms with Crippen molar-refractivity contribution in [2.75, 3.05) is 52.8 Å². The predicted molar refractivity (Wildman–Crippen MR) is 133 cm³/mol. The van der Waals surface area contributed by atoms with Crippen molar-refractivity contribution in [3.05, 3.63) is 41.8 Å². The molecular weight excluding hydrogens is 539 g/mol. The molecule has 2 N–H and O–H groups in total. The fourth-order valence-corrected chi connectivity index (χ4v) is 4.76. The highest BCUT2D eigenvalue weighted by molar-refractivity contribution is 14.0. The highest BCUT2D eigenvalue weighted by atomic mass is 127. The molecule has 0 saturated carbocycles. The number of hydrogen-bond donors (Lipinski definition) is 2. The number of likely N-dealkylation sites (N-methyl/N-ethyl adjacent to an activating group) is 1. The Kier molecular flexibility index (Phi) is 12.3. The number of nitrogens with zero attached hydrogens (tertiary/aromatic N) is 2. The first-order valence-corrected chi connectivity index (χ1v) is 11.5. The van der Waals surface area contributed by atoms with Crippen molar-refractivity contribution in [2.45, 2.75) is 10.6 Å². The molecule has 30 heavy (non-hydrogen) atoms. The molecule has 0 aliphatic heterocycles. The third kappa shape index (κ3) is 8.38. The minimum absolute atomic E-state index is 0. The van der Waals surface area contributed by atoms with E-state index in [1.54, 1.807) is 38.7 Å². The molecule has 0 spiro atoms. The van der Waals surface area contributed by atoms with Crippen LogP contribution in [0, 0.1) is 0 Å². The van der Waals surface area contributed by atoms with Gasteiger partial charge in [0.05, 0.1) is 6.61 Å². The molecule has 1 aromatic carbocycles. The molecule has 0 amide bonds. The maximum atomic E-state index is 12.4. The summed E-state index contributed by atoms with van der Waals surface area (Å²) in [6.07, 6.45) is 0.819. The van der Waals surface area contributed by atoms with E-state index in [9.17, 15) is 8.42 Å². The first-order valence-electron chi connectivity index (χ1n) is 9.16. The number of guanidine groups is 1. The third-order valence-electron chi connectivity index (χ3n) is 3.96. The Labute approximate surface area is 199 Å². The Morgan fingerprint density at radius 3 is 2.70 bits per heavy atom. The van der Waals surface area contributed by atoms with Gasteiger partial charge in [-0.15, -0.1) is 35.3 Å². The summed E-state index contributed by atoms with van der Waals surface area (Å²) in [6, 6.07) is 10.9. The summed E-state index contributed by atoms with van der Waals surface area (Å²) in [4.78, 5) is 4.18. The van der Waals surface area contributed by atoms with Crippen LogP contribution >= 0.6 is 35.3 Å². The predicted octanol–water partition coefficient (Wildman–Crippen LogP) is 3.09. The lowest BCUT2D eigenvalue weighted by Gasteiger charge is -2.18. The van der Waals surface area contributed by atoms with Gasteiger partial charge in [0.1, 0.15) is 9.96 Å². The second-order valence-corrected chi connectivity index (χ2v) is 9.32. The Morgan fingerprint density at radius 1 is 1.23 bits per heavy atom. The lowest BCUT2D eigenvalue weighted by molar-refractivity contribution is 0.172. The van der Waals surface area contributed by atoms with Crippen LogP contribution in [-0.4, -0.2) is 66.2 Å². The summed E-state index contributed by atoms with van der Waals surface area (Å²) < 4.78 is 37.2. The molecule has 11 heteroatoms. The van der Waals surface area contributed by atoms with Gasteiger partial charge in [0, 0.05) is 59.1 Å². The summed E-state index contributed by atoms with van der Waals surface area (Å²) in [5.41, 5.74) is 0.821. The number of methoxy groups -OCH3 is 1. The van der Waals surface area contributed by atoms with Crippen molar-refractivity contribution in [2.24, 2.45) is 4.99 Å². The number of benzene rings is 1. The van der Waals surface area contributed by atoms with Crippen LogP contribution in [0.4, 0.5) is 5.69 Å². The molecule has 0 aliphatic rings. The molecule has 2 rings (SSSR count). The highest BCUT2D eigenvalue weighted by Crippen LogP contribution is 2.19. The molecule has 0 saturated heterocycles. The number of nitrogens with one attached hydrogen (secondary N) is 2. The molecule has 1 heterocycles. The second-order valence-electron chi connectivity index (χ2n) is 6.11. The highest BCUT2D eigenvalue weighted by Gasteiger charge is 2.21. The van der Waals surface area contributed by atoms with Gasteiger partial charge in [-0.3, -0.25) is 4.99 Å². The zero-order valence-corrected chi connectivity index (χ0v) is 21.3. The lowest BCUT2D eigenvalue weighted by atomic mass is 10.3. The quantitative estimate of drug-likeness (QED) is 0.188. The minimum atomic E-state index is -3.45. The molecule has 0 bridgehead atoms. The number of rotatable bonds is 11. The molecule has 2 aromatic rings. The molecule has 0 fully saturated rings. The van der Waals surface area contributed by atoms with Gasteiger partial charge in [-0.1, -0.05) is 12.1 Å². The van der Waals surface area contributed by atoms with Crippen molar-refractivity contribution < 1.29 is 17.9 Å². The smallest absolute Gasteiger partial charge is 0.252 e. The van der Waals surface area contributed by atoms with Crippen LogP contribution in [0.1, 0.15) is 6.42 Å². The second kappa shape index (κ2) is 13.8. The maximum absolute atomic E-state index is 12.4. The normalized spacial score (nSPS) is 11.8. The van der Waals surface area contributed by atoms with Crippen LogP contribution in [0.3, 0.4) is 0 Å². The van der Waals surface area contributed by atoms with Gasteiger partial charge >= 0.3 is 0 Å². The summed E-state index contributed by atoms with van der Waals surface area (Å²) in [7, 11) is 1.44. The monoisotopic (exact) mass is 568 g/mol. The molecule has 1 aromatic heterocycles. The van der Waals surface area contributed by atoms with Gasteiger partial charge in [-0.05, 0) is 23.6 Å². The maximum Gasteiger partial charge on any atom is 0.252 e. The SMILES string of the molecule is CN=C(NCCN(C)S(=O)(=O)c1cccs1)Nc1cccc(OCCCOC)c1.I. The van der Waals surface area contributed by atoms with E-state index in [1.807, 2.05) is 24.3 Å². The van der Waals surface area contributed by atoms with Crippen LogP contribution in [-0.2, 0) is 14.8 Å². The molecule has 168 valence electrons. The molecule has 0 aliphatic carbocycles. The standard InChI is InChI=1S/C19H28N4O4S2.HI/c1-20-19(21-10-11-23(2)29(24,25)18-9-5-14-28-18)22-16-7-4-8-17(15-16)27-13-6-12-26-3;/h4-5,7-9,14-15H,6,10-13H2,1-3H3,(H2,20,21,22);1H. The number of aliphatic imine (C=N–C) groups is 1. The topological polar surface area (TPSA) is 92.3 Å². The zero-order valence-electron chi connectivity index (χ0n) is 17.3. The Balaban J connectivity index is 0.00000450. The summed E-state index contributed by atoms with van der Waals surface area (Å²) in [5, 5.41) is 8.05. The Bertz CT molecular complexity index is 876. The number of halogens is 1. The van der Waals surface area contributed by atoms with Crippen LogP contribution in [0.25, 0.3) is 0 Å². The first kappa shape index (κ1) is 26.6. The van der Waals surface area contributed by atoms with E-state index >= 15 is 0 Å². The van der Waals surface area contributed by atoms with E-state index in [0.29, 0.717) is 36.5 Å². The van der Waals surface area contributed by atoms with E-state index in [1.165, 1.54) is 15.6 Å². The summed E-state index contributed by atoms with van der Waals surface area (Å²) in [6.45, 7) is 1.96. The number of hydrogen-bond acceptors (Lipinski definition) is 6. The molecule has 0 unspecified atom stereocenters.